The molecule has 4 atom stereocenters. The molecule has 3 aliphatic rings. The lowest BCUT2D eigenvalue weighted by molar-refractivity contribution is -0.143. The van der Waals surface area contributed by atoms with Gasteiger partial charge in [0.25, 0.3) is 0 Å². The number of carbonyl (C=O) groups excluding carboxylic acids is 1. The van der Waals surface area contributed by atoms with Gasteiger partial charge in [0.1, 0.15) is 5.60 Å². The Bertz CT molecular complexity index is 619. The summed E-state index contributed by atoms with van der Waals surface area (Å²) in [6.07, 6.45) is -0.985. The van der Waals surface area contributed by atoms with Gasteiger partial charge in [0.05, 0.1) is 12.7 Å². The lowest BCUT2D eigenvalue weighted by Crippen LogP contribution is -2.55. The largest absolute Gasteiger partial charge is 0.340 e. The van der Waals surface area contributed by atoms with E-state index in [0.717, 1.165) is 4.90 Å². The Labute approximate surface area is 143 Å². The quantitative estimate of drug-likeness (QED) is 0.754. The highest BCUT2D eigenvalue weighted by atomic mass is 32.5. The van der Waals surface area contributed by atoms with Crippen molar-refractivity contribution >= 4 is 24.6 Å². The molecule has 0 aliphatic carbocycles. The Hall–Kier alpha value is -0.640. The minimum Gasteiger partial charge on any atom is -0.340 e. The molecule has 2 saturated heterocycles. The SMILES string of the molecule is CC(C)OP1(=S)OC[C@@]2(C)O[C@@H](N3C=CCNC3=O)C(F)(F)[C@@H]2O1. The molecule has 2 fully saturated rings. The standard InChI is InChI=1S/C13H19F2N2O5PS/c1-8(2)21-23(24)19-7-12(3)9(22-23)13(14,15)10(20-12)17-6-4-5-16-11(17)18/h4,6,8-10H,5,7H2,1-3H3,(H,16,18)/t9-,10-,12-,23?/m1/s1. The highest BCUT2D eigenvalue weighted by Gasteiger charge is 2.70. The Morgan fingerprint density at radius 1 is 1.54 bits per heavy atom. The van der Waals surface area contributed by atoms with Crippen LogP contribution in [0.3, 0.4) is 0 Å². The van der Waals surface area contributed by atoms with E-state index < -0.39 is 36.6 Å². The van der Waals surface area contributed by atoms with Crippen LogP contribution >= 0.6 is 6.72 Å². The average Bonchev–Trinajstić information content (AvgIpc) is 2.67. The summed E-state index contributed by atoms with van der Waals surface area (Å²) in [5.74, 6) is -3.48. The molecule has 0 bridgehead atoms. The first-order chi connectivity index (χ1) is 11.1. The summed E-state index contributed by atoms with van der Waals surface area (Å²) in [6, 6.07) is -0.664. The summed E-state index contributed by atoms with van der Waals surface area (Å²) in [5.41, 5.74) is -1.44. The number of hydrogen-bond acceptors (Lipinski definition) is 6. The number of rotatable bonds is 3. The third kappa shape index (κ3) is 3.00. The predicted octanol–water partition coefficient (Wildman–Crippen LogP) is 2.34. The van der Waals surface area contributed by atoms with E-state index >= 15 is 0 Å². The van der Waals surface area contributed by atoms with Crippen LogP contribution in [-0.2, 0) is 30.1 Å². The van der Waals surface area contributed by atoms with E-state index in [2.05, 4.69) is 5.32 Å². The molecule has 11 heteroatoms. The van der Waals surface area contributed by atoms with E-state index in [1.807, 2.05) is 0 Å². The van der Waals surface area contributed by atoms with Gasteiger partial charge in [-0.3, -0.25) is 9.42 Å². The van der Waals surface area contributed by atoms with E-state index in [9.17, 15) is 13.6 Å². The molecule has 0 radical (unpaired) electrons. The summed E-state index contributed by atoms with van der Waals surface area (Å²) in [7, 11) is 0. The van der Waals surface area contributed by atoms with Gasteiger partial charge in [-0.1, -0.05) is 0 Å². The van der Waals surface area contributed by atoms with Gasteiger partial charge in [-0.2, -0.15) is 8.78 Å². The third-order valence-electron chi connectivity index (χ3n) is 3.82. The fourth-order valence-corrected chi connectivity index (χ4v) is 5.46. The molecule has 2 amide bonds. The molecule has 24 heavy (non-hydrogen) atoms. The van der Waals surface area contributed by atoms with Crippen LogP contribution in [0.2, 0.25) is 0 Å². The minimum absolute atomic E-state index is 0.201. The number of nitrogens with one attached hydrogen (secondary N) is 1. The Morgan fingerprint density at radius 3 is 2.88 bits per heavy atom. The summed E-state index contributed by atoms with van der Waals surface area (Å²) in [4.78, 5) is 12.7. The van der Waals surface area contributed by atoms with Gasteiger partial charge < -0.3 is 19.1 Å². The maximum absolute atomic E-state index is 15.0. The second-order valence-electron chi connectivity index (χ2n) is 6.30. The van der Waals surface area contributed by atoms with Gasteiger partial charge in [-0.05, 0) is 38.7 Å². The third-order valence-corrected chi connectivity index (χ3v) is 6.25. The van der Waals surface area contributed by atoms with Crippen LogP contribution < -0.4 is 5.32 Å². The van der Waals surface area contributed by atoms with Crippen LogP contribution in [0, 0.1) is 0 Å². The lowest BCUT2D eigenvalue weighted by Gasteiger charge is -2.40. The molecule has 136 valence electrons. The zero-order valence-electron chi connectivity index (χ0n) is 13.4. The monoisotopic (exact) mass is 384 g/mol. The van der Waals surface area contributed by atoms with E-state index in [-0.39, 0.29) is 19.3 Å². The van der Waals surface area contributed by atoms with E-state index in [4.69, 9.17) is 30.1 Å². The lowest BCUT2D eigenvalue weighted by atomic mass is 9.97. The van der Waals surface area contributed by atoms with Crippen molar-refractivity contribution < 1.29 is 31.9 Å². The Kier molecular flexibility index (Phi) is 4.51. The molecule has 3 heterocycles. The van der Waals surface area contributed by atoms with Crippen molar-refractivity contribution in [3.63, 3.8) is 0 Å². The number of hydrogen-bond donors (Lipinski definition) is 1. The van der Waals surface area contributed by atoms with Gasteiger partial charge in [-0.25, -0.2) is 4.79 Å². The number of halogens is 2. The number of nitrogens with zero attached hydrogens (tertiary/aromatic N) is 1. The summed E-state index contributed by atoms with van der Waals surface area (Å²) < 4.78 is 51.7. The first kappa shape index (κ1) is 18.2. The normalized spacial score (nSPS) is 41.4. The smallest absolute Gasteiger partial charge is 0.328 e. The summed E-state index contributed by atoms with van der Waals surface area (Å²) >= 11 is 5.17. The highest BCUT2D eigenvalue weighted by molar-refractivity contribution is 8.07. The molecule has 7 nitrogen and oxygen atoms in total. The molecule has 0 aromatic rings. The van der Waals surface area contributed by atoms with E-state index in [0.29, 0.717) is 0 Å². The maximum atomic E-state index is 15.0. The van der Waals surface area contributed by atoms with E-state index in [1.54, 1.807) is 19.9 Å². The molecule has 3 rings (SSSR count). The van der Waals surface area contributed by atoms with Crippen molar-refractivity contribution in [3.05, 3.63) is 12.3 Å². The van der Waals surface area contributed by atoms with Crippen molar-refractivity contribution in [2.75, 3.05) is 13.2 Å². The van der Waals surface area contributed by atoms with Gasteiger partial charge in [0.2, 0.25) is 6.23 Å². The van der Waals surface area contributed by atoms with Crippen molar-refractivity contribution in [1.29, 1.82) is 0 Å². The molecular weight excluding hydrogens is 365 g/mol. The Balaban J connectivity index is 1.89. The first-order valence-electron chi connectivity index (χ1n) is 7.47. The van der Waals surface area contributed by atoms with Crippen LogP contribution in [0.1, 0.15) is 20.8 Å². The van der Waals surface area contributed by atoms with Crippen LogP contribution in [-0.4, -0.2) is 54.0 Å². The zero-order valence-corrected chi connectivity index (χ0v) is 15.1. The van der Waals surface area contributed by atoms with Gasteiger partial charge >= 0.3 is 18.7 Å². The maximum Gasteiger partial charge on any atom is 0.328 e. The fraction of sp³-hybridized carbons (Fsp3) is 0.769. The first-order valence-corrected chi connectivity index (χ1v) is 10.0. The second kappa shape index (κ2) is 5.96. The van der Waals surface area contributed by atoms with Crippen molar-refractivity contribution in [3.8, 4) is 0 Å². The van der Waals surface area contributed by atoms with Crippen LogP contribution in [0.5, 0.6) is 0 Å². The molecule has 0 aromatic carbocycles. The molecule has 3 aliphatic heterocycles. The Morgan fingerprint density at radius 2 is 2.25 bits per heavy atom. The highest BCUT2D eigenvalue weighted by Crippen LogP contribution is 2.62. The second-order valence-corrected chi connectivity index (χ2v) is 9.21. The molecule has 0 saturated carbocycles. The predicted molar refractivity (Wildman–Crippen MR) is 83.9 cm³/mol. The van der Waals surface area contributed by atoms with Crippen LogP contribution in [0.4, 0.5) is 13.6 Å². The number of ether oxygens (including phenoxy) is 1. The number of amides is 2. The minimum atomic E-state index is -3.48. The van der Waals surface area contributed by atoms with Crippen LogP contribution in [0.25, 0.3) is 0 Å². The topological polar surface area (TPSA) is 69.3 Å². The number of carbonyl (C=O) groups is 1. The van der Waals surface area contributed by atoms with Crippen molar-refractivity contribution in [2.24, 2.45) is 0 Å². The summed E-state index contributed by atoms with van der Waals surface area (Å²) in [6.45, 7) is 1.64. The molecule has 1 N–H and O–H groups in total. The molecule has 0 spiro atoms. The van der Waals surface area contributed by atoms with Gasteiger partial charge in [0.15, 0.2) is 6.10 Å². The number of fused-ring (bicyclic) bond motifs is 1. The average molecular weight is 384 g/mol. The summed E-state index contributed by atoms with van der Waals surface area (Å²) in [5, 5.41) is 2.46. The van der Waals surface area contributed by atoms with Crippen molar-refractivity contribution in [2.45, 2.75) is 50.7 Å². The fourth-order valence-electron chi connectivity index (χ4n) is 2.80. The van der Waals surface area contributed by atoms with Gasteiger partial charge in [-0.15, -0.1) is 0 Å². The number of alkyl halides is 2. The molecule has 1 unspecified atom stereocenters. The van der Waals surface area contributed by atoms with Crippen molar-refractivity contribution in [1.82, 2.24) is 10.2 Å². The van der Waals surface area contributed by atoms with Gasteiger partial charge in [0, 0.05) is 12.7 Å². The molecular formula is C13H19F2N2O5PS. The van der Waals surface area contributed by atoms with E-state index in [1.165, 1.54) is 13.1 Å². The van der Waals surface area contributed by atoms with Crippen LogP contribution in [0.15, 0.2) is 12.3 Å². The zero-order chi connectivity index (χ0) is 17.8. The number of urea groups is 1. The molecule has 0 aromatic heterocycles.